The van der Waals surface area contributed by atoms with Crippen LogP contribution in [0.15, 0.2) is 61.2 Å². The number of halogens is 3. The predicted molar refractivity (Wildman–Crippen MR) is 120 cm³/mol. The smallest absolute Gasteiger partial charge is 0.416 e. The number of hydrogen-bond acceptors (Lipinski definition) is 4. The van der Waals surface area contributed by atoms with Gasteiger partial charge in [0.2, 0.25) is 5.91 Å². The van der Waals surface area contributed by atoms with Crippen LogP contribution in [-0.4, -0.2) is 38.4 Å². The largest absolute Gasteiger partial charge is 0.481 e. The molecule has 0 saturated heterocycles. The van der Waals surface area contributed by atoms with Crippen molar-refractivity contribution in [3.05, 3.63) is 83.4 Å². The summed E-state index contributed by atoms with van der Waals surface area (Å²) < 4.78 is 40.3. The molecule has 2 aromatic heterocycles. The third-order valence-electron chi connectivity index (χ3n) is 5.34. The summed E-state index contributed by atoms with van der Waals surface area (Å²) in [4.78, 5) is 33.5. The highest BCUT2D eigenvalue weighted by molar-refractivity contribution is 5.77. The van der Waals surface area contributed by atoms with Crippen LogP contribution in [0.1, 0.15) is 35.6 Å². The Hall–Kier alpha value is -3.75. The van der Waals surface area contributed by atoms with Gasteiger partial charge in [-0.25, -0.2) is 0 Å². The number of nitrogens with zero attached hydrogens (tertiary/aromatic N) is 3. The number of rotatable bonds is 9. The number of alkyl halides is 3. The van der Waals surface area contributed by atoms with Crippen LogP contribution in [0.5, 0.6) is 0 Å². The van der Waals surface area contributed by atoms with Crippen molar-refractivity contribution in [3.8, 4) is 11.1 Å². The molecular formula is C25H24F3N3O3. The number of aromatic nitrogens is 2. The van der Waals surface area contributed by atoms with Crippen LogP contribution >= 0.6 is 0 Å². The highest BCUT2D eigenvalue weighted by atomic mass is 19.4. The molecule has 0 aliphatic carbocycles. The molecule has 0 unspecified atom stereocenters. The first-order chi connectivity index (χ1) is 16.2. The molecule has 0 spiro atoms. The first kappa shape index (κ1) is 24.9. The van der Waals surface area contributed by atoms with E-state index in [1.165, 1.54) is 23.4 Å². The number of aliphatic carboxylic acids is 1. The summed E-state index contributed by atoms with van der Waals surface area (Å²) in [6.45, 7) is 2.06. The van der Waals surface area contributed by atoms with E-state index in [2.05, 4.69) is 9.97 Å². The summed E-state index contributed by atoms with van der Waals surface area (Å²) in [5.74, 6) is -1.23. The zero-order valence-corrected chi connectivity index (χ0v) is 18.5. The van der Waals surface area contributed by atoms with Crippen molar-refractivity contribution in [1.82, 2.24) is 14.9 Å². The zero-order chi connectivity index (χ0) is 24.7. The van der Waals surface area contributed by atoms with Gasteiger partial charge in [0.25, 0.3) is 0 Å². The monoisotopic (exact) mass is 471 g/mol. The van der Waals surface area contributed by atoms with Gasteiger partial charge < -0.3 is 10.0 Å². The topological polar surface area (TPSA) is 83.4 Å². The first-order valence-electron chi connectivity index (χ1n) is 10.7. The highest BCUT2D eigenvalue weighted by Crippen LogP contribution is 2.34. The average Bonchev–Trinajstić information content (AvgIpc) is 2.80. The molecule has 34 heavy (non-hydrogen) atoms. The summed E-state index contributed by atoms with van der Waals surface area (Å²) in [5, 5.41) is 9.05. The molecule has 0 radical (unpaired) electrons. The van der Waals surface area contributed by atoms with Gasteiger partial charge in [-0.3, -0.25) is 19.6 Å². The molecular weight excluding hydrogens is 447 g/mol. The van der Waals surface area contributed by atoms with E-state index in [1.807, 2.05) is 6.07 Å². The number of aryl methyl sites for hydroxylation is 1. The SMILES string of the molecule is CCN(Cc1cc(C(F)(F)F)ccc1-c1cncc(CC(=O)O)c1)C(=O)CCc1cccnc1. The fourth-order valence-electron chi connectivity index (χ4n) is 3.63. The molecule has 0 aliphatic rings. The number of carbonyl (C=O) groups is 2. The molecule has 0 saturated carbocycles. The van der Waals surface area contributed by atoms with Gasteiger partial charge in [0.15, 0.2) is 0 Å². The van der Waals surface area contributed by atoms with Crippen LogP contribution in [0.3, 0.4) is 0 Å². The summed E-state index contributed by atoms with van der Waals surface area (Å²) in [6, 6.07) is 8.58. The van der Waals surface area contributed by atoms with Gasteiger partial charge in [0.1, 0.15) is 0 Å². The van der Waals surface area contributed by atoms with Gasteiger partial charge >= 0.3 is 12.1 Å². The van der Waals surface area contributed by atoms with Gasteiger partial charge in [-0.05, 0) is 59.9 Å². The molecule has 6 nitrogen and oxygen atoms in total. The maximum Gasteiger partial charge on any atom is 0.416 e. The van der Waals surface area contributed by atoms with Crippen molar-refractivity contribution >= 4 is 11.9 Å². The normalized spacial score (nSPS) is 11.3. The van der Waals surface area contributed by atoms with E-state index in [9.17, 15) is 22.8 Å². The van der Waals surface area contributed by atoms with Crippen LogP contribution in [0, 0.1) is 0 Å². The van der Waals surface area contributed by atoms with Crippen molar-refractivity contribution in [1.29, 1.82) is 0 Å². The lowest BCUT2D eigenvalue weighted by molar-refractivity contribution is -0.138. The van der Waals surface area contributed by atoms with Crippen molar-refractivity contribution < 1.29 is 27.9 Å². The molecule has 0 atom stereocenters. The Morgan fingerprint density at radius 2 is 1.79 bits per heavy atom. The molecule has 178 valence electrons. The molecule has 9 heteroatoms. The molecule has 3 aromatic rings. The predicted octanol–water partition coefficient (Wildman–Crippen LogP) is 4.77. The molecule has 1 aromatic carbocycles. The Balaban J connectivity index is 1.91. The Bertz CT molecular complexity index is 1150. The maximum atomic E-state index is 13.4. The Labute approximate surface area is 195 Å². The van der Waals surface area contributed by atoms with Crippen molar-refractivity contribution in [3.63, 3.8) is 0 Å². The van der Waals surface area contributed by atoms with Crippen LogP contribution in [-0.2, 0) is 35.2 Å². The second-order valence-corrected chi connectivity index (χ2v) is 7.79. The summed E-state index contributed by atoms with van der Waals surface area (Å²) >= 11 is 0. The minimum atomic E-state index is -4.54. The second-order valence-electron chi connectivity index (χ2n) is 7.79. The van der Waals surface area contributed by atoms with E-state index in [4.69, 9.17) is 5.11 Å². The molecule has 1 N–H and O–H groups in total. The van der Waals surface area contributed by atoms with Crippen molar-refractivity contribution in [2.24, 2.45) is 0 Å². The first-order valence-corrected chi connectivity index (χ1v) is 10.7. The van der Waals surface area contributed by atoms with Gasteiger partial charge in [-0.1, -0.05) is 12.1 Å². The van der Waals surface area contributed by atoms with Crippen molar-refractivity contribution in [2.45, 2.75) is 38.9 Å². The number of carbonyl (C=O) groups excluding carboxylic acids is 1. The maximum absolute atomic E-state index is 13.4. The third-order valence-corrected chi connectivity index (χ3v) is 5.34. The Morgan fingerprint density at radius 3 is 2.44 bits per heavy atom. The highest BCUT2D eigenvalue weighted by Gasteiger charge is 2.31. The fraction of sp³-hybridized carbons (Fsp3) is 0.280. The molecule has 3 rings (SSSR count). The number of carboxylic acid groups (broad SMARTS) is 1. The van der Waals surface area contributed by atoms with Gasteiger partial charge in [-0.15, -0.1) is 0 Å². The second kappa shape index (κ2) is 10.9. The molecule has 0 aliphatic heterocycles. The Morgan fingerprint density at radius 1 is 1.03 bits per heavy atom. The Kier molecular flexibility index (Phi) is 7.99. The minimum Gasteiger partial charge on any atom is -0.481 e. The van der Waals surface area contributed by atoms with Crippen LogP contribution in [0.2, 0.25) is 0 Å². The van der Waals surface area contributed by atoms with Gasteiger partial charge in [0.05, 0.1) is 12.0 Å². The van der Waals surface area contributed by atoms with Crippen LogP contribution in [0.4, 0.5) is 13.2 Å². The average molecular weight is 471 g/mol. The van der Waals surface area contributed by atoms with E-state index in [0.717, 1.165) is 17.7 Å². The van der Waals surface area contributed by atoms with E-state index in [-0.39, 0.29) is 25.3 Å². The lowest BCUT2D eigenvalue weighted by Crippen LogP contribution is -2.30. The summed E-state index contributed by atoms with van der Waals surface area (Å²) in [6.07, 6.45) is 2.05. The number of carboxylic acids is 1. The summed E-state index contributed by atoms with van der Waals surface area (Å²) in [7, 11) is 0. The summed E-state index contributed by atoms with van der Waals surface area (Å²) in [5.41, 5.74) is 1.76. The third kappa shape index (κ3) is 6.63. The van der Waals surface area contributed by atoms with Crippen molar-refractivity contribution in [2.75, 3.05) is 6.54 Å². The molecule has 1 amide bonds. The van der Waals surface area contributed by atoms with E-state index in [0.29, 0.717) is 35.2 Å². The number of amides is 1. The lowest BCUT2D eigenvalue weighted by Gasteiger charge is -2.23. The standard InChI is InChI=1S/C25H24F3N3O3/c1-2-31(23(32)8-5-17-4-3-9-29-13-17)16-20-12-21(25(26,27)28)6-7-22(20)19-10-18(11-24(33)34)14-30-15-19/h3-4,6-7,9-10,12-15H,2,5,8,11,16H2,1H3,(H,33,34). The number of pyridine rings is 2. The van der Waals surface area contributed by atoms with E-state index in [1.54, 1.807) is 31.5 Å². The van der Waals surface area contributed by atoms with Gasteiger partial charge in [-0.2, -0.15) is 13.2 Å². The molecule has 0 fully saturated rings. The van der Waals surface area contributed by atoms with E-state index >= 15 is 0 Å². The number of hydrogen-bond donors (Lipinski definition) is 1. The van der Waals surface area contributed by atoms with Gasteiger partial charge in [0, 0.05) is 49.9 Å². The van der Waals surface area contributed by atoms with Crippen LogP contribution < -0.4 is 0 Å². The number of benzene rings is 1. The fourth-order valence-corrected chi connectivity index (χ4v) is 3.63. The quantitative estimate of drug-likeness (QED) is 0.486. The van der Waals surface area contributed by atoms with Crippen LogP contribution in [0.25, 0.3) is 11.1 Å². The molecule has 2 heterocycles. The minimum absolute atomic E-state index is 0.0230. The lowest BCUT2D eigenvalue weighted by atomic mass is 9.96. The molecule has 0 bridgehead atoms. The zero-order valence-electron chi connectivity index (χ0n) is 18.5. The van der Waals surface area contributed by atoms with E-state index < -0.39 is 17.7 Å².